The summed E-state index contributed by atoms with van der Waals surface area (Å²) in [6, 6.07) is 2.05. The zero-order valence-corrected chi connectivity index (χ0v) is 10.6. The molecule has 1 heterocycles. The third-order valence-electron chi connectivity index (χ3n) is 2.55. The van der Waals surface area contributed by atoms with Gasteiger partial charge in [0.15, 0.2) is 17.5 Å². The first-order valence-corrected chi connectivity index (χ1v) is 5.55. The molecular formula is C11H8BrF3N2. The van der Waals surface area contributed by atoms with E-state index in [0.717, 1.165) is 11.8 Å². The molecule has 2 rings (SSSR count). The number of aromatic nitrogens is 2. The second-order valence-corrected chi connectivity index (χ2v) is 4.39. The van der Waals surface area contributed by atoms with E-state index < -0.39 is 17.5 Å². The summed E-state index contributed by atoms with van der Waals surface area (Å²) >= 11 is 3.25. The Bertz CT molecular complexity index is 593. The summed E-state index contributed by atoms with van der Waals surface area (Å²) in [5.74, 6) is -3.93. The largest absolute Gasteiger partial charge is 0.271 e. The van der Waals surface area contributed by atoms with Crippen molar-refractivity contribution in [2.75, 3.05) is 0 Å². The molecule has 0 atom stereocenters. The van der Waals surface area contributed by atoms with E-state index in [9.17, 15) is 13.2 Å². The molecule has 90 valence electrons. The van der Waals surface area contributed by atoms with Crippen molar-refractivity contribution < 1.29 is 13.2 Å². The SMILES string of the molecule is Cc1c(Br)c(-c2ccc(F)c(F)c2F)nn1C. The number of benzene rings is 1. The van der Waals surface area contributed by atoms with E-state index >= 15 is 0 Å². The Hall–Kier alpha value is -1.30. The molecule has 0 unspecified atom stereocenters. The van der Waals surface area contributed by atoms with Crippen LogP contribution in [0.3, 0.4) is 0 Å². The van der Waals surface area contributed by atoms with Gasteiger partial charge >= 0.3 is 0 Å². The quantitative estimate of drug-likeness (QED) is 0.736. The molecule has 0 spiro atoms. The molecule has 1 aromatic carbocycles. The summed E-state index contributed by atoms with van der Waals surface area (Å²) in [5, 5.41) is 4.05. The van der Waals surface area contributed by atoms with E-state index in [0.29, 0.717) is 4.47 Å². The van der Waals surface area contributed by atoms with E-state index in [1.54, 1.807) is 14.0 Å². The topological polar surface area (TPSA) is 17.8 Å². The molecular weight excluding hydrogens is 297 g/mol. The van der Waals surface area contributed by atoms with Gasteiger partial charge in [0.1, 0.15) is 5.69 Å². The Morgan fingerprint density at radius 2 is 1.82 bits per heavy atom. The van der Waals surface area contributed by atoms with Gasteiger partial charge in [-0.1, -0.05) is 0 Å². The third kappa shape index (κ3) is 1.86. The zero-order chi connectivity index (χ0) is 12.7. The molecule has 0 aliphatic carbocycles. The Kier molecular flexibility index (Phi) is 2.99. The van der Waals surface area contributed by atoms with Gasteiger partial charge < -0.3 is 0 Å². The fraction of sp³-hybridized carbons (Fsp3) is 0.182. The molecule has 2 nitrogen and oxygen atoms in total. The third-order valence-corrected chi connectivity index (χ3v) is 3.50. The van der Waals surface area contributed by atoms with Gasteiger partial charge in [-0.3, -0.25) is 4.68 Å². The minimum atomic E-state index is -1.49. The molecule has 0 bridgehead atoms. The number of rotatable bonds is 1. The van der Waals surface area contributed by atoms with Crippen molar-refractivity contribution >= 4 is 15.9 Å². The smallest absolute Gasteiger partial charge is 0.195 e. The van der Waals surface area contributed by atoms with Crippen molar-refractivity contribution in [2.24, 2.45) is 7.05 Å². The second-order valence-electron chi connectivity index (χ2n) is 3.59. The lowest BCUT2D eigenvalue weighted by atomic mass is 10.1. The van der Waals surface area contributed by atoms with Crippen molar-refractivity contribution in [3.8, 4) is 11.3 Å². The highest BCUT2D eigenvalue weighted by molar-refractivity contribution is 9.10. The Morgan fingerprint density at radius 1 is 1.18 bits per heavy atom. The maximum Gasteiger partial charge on any atom is 0.195 e. The number of hydrogen-bond donors (Lipinski definition) is 0. The number of nitrogens with zero attached hydrogens (tertiary/aromatic N) is 2. The van der Waals surface area contributed by atoms with Gasteiger partial charge in [-0.15, -0.1) is 0 Å². The molecule has 0 radical (unpaired) electrons. The van der Waals surface area contributed by atoms with E-state index in [-0.39, 0.29) is 11.3 Å². The molecule has 17 heavy (non-hydrogen) atoms. The normalized spacial score (nSPS) is 10.9. The van der Waals surface area contributed by atoms with Crippen LogP contribution in [0.5, 0.6) is 0 Å². The van der Waals surface area contributed by atoms with E-state index in [1.165, 1.54) is 10.7 Å². The first-order chi connectivity index (χ1) is 7.93. The van der Waals surface area contributed by atoms with Crippen molar-refractivity contribution in [3.05, 3.63) is 39.8 Å². The van der Waals surface area contributed by atoms with Crippen molar-refractivity contribution in [1.82, 2.24) is 9.78 Å². The molecule has 2 aromatic rings. The summed E-state index contributed by atoms with van der Waals surface area (Å²) in [6.07, 6.45) is 0. The highest BCUT2D eigenvalue weighted by Gasteiger charge is 2.20. The fourth-order valence-electron chi connectivity index (χ4n) is 1.46. The summed E-state index contributed by atoms with van der Waals surface area (Å²) in [5.41, 5.74) is 0.949. The molecule has 0 aliphatic heterocycles. The highest BCUT2D eigenvalue weighted by atomic mass is 79.9. The maximum absolute atomic E-state index is 13.6. The molecule has 0 saturated carbocycles. The van der Waals surface area contributed by atoms with Gasteiger partial charge in [-0.25, -0.2) is 13.2 Å². The monoisotopic (exact) mass is 304 g/mol. The van der Waals surface area contributed by atoms with Gasteiger partial charge in [0.25, 0.3) is 0 Å². The first-order valence-electron chi connectivity index (χ1n) is 4.76. The molecule has 0 amide bonds. The lowest BCUT2D eigenvalue weighted by Crippen LogP contribution is -1.96. The summed E-state index contributed by atoms with van der Waals surface area (Å²) in [6.45, 7) is 1.78. The standard InChI is InChI=1S/C11H8BrF3N2/c1-5-8(12)11(16-17(5)2)6-3-4-7(13)10(15)9(6)14/h3-4H,1-2H3. The fourth-order valence-corrected chi connectivity index (χ4v) is 2.01. The van der Waals surface area contributed by atoms with Crippen LogP contribution in [0.25, 0.3) is 11.3 Å². The average molecular weight is 305 g/mol. The van der Waals surface area contributed by atoms with Gasteiger partial charge in [0.05, 0.1) is 4.47 Å². The van der Waals surface area contributed by atoms with Crippen LogP contribution in [0.4, 0.5) is 13.2 Å². The molecule has 1 aromatic heterocycles. The lowest BCUT2D eigenvalue weighted by Gasteiger charge is -2.02. The van der Waals surface area contributed by atoms with Gasteiger partial charge in [-0.2, -0.15) is 5.10 Å². The first kappa shape index (κ1) is 12.2. The molecule has 6 heteroatoms. The summed E-state index contributed by atoms with van der Waals surface area (Å²) < 4.78 is 41.6. The van der Waals surface area contributed by atoms with Crippen LogP contribution in [0, 0.1) is 24.4 Å². The van der Waals surface area contributed by atoms with Crippen LogP contribution in [-0.2, 0) is 7.05 Å². The van der Waals surface area contributed by atoms with E-state index in [2.05, 4.69) is 21.0 Å². The van der Waals surface area contributed by atoms with Crippen LogP contribution in [-0.4, -0.2) is 9.78 Å². The summed E-state index contributed by atoms with van der Waals surface area (Å²) in [7, 11) is 1.68. The maximum atomic E-state index is 13.6. The van der Waals surface area contributed by atoms with Gasteiger partial charge in [0.2, 0.25) is 0 Å². The minimum absolute atomic E-state index is 0.0699. The number of aryl methyl sites for hydroxylation is 1. The van der Waals surface area contributed by atoms with Crippen LogP contribution in [0.2, 0.25) is 0 Å². The zero-order valence-electron chi connectivity index (χ0n) is 9.06. The molecule has 0 aliphatic rings. The molecule has 0 N–H and O–H groups in total. The number of hydrogen-bond acceptors (Lipinski definition) is 1. The second kappa shape index (κ2) is 4.18. The van der Waals surface area contributed by atoms with Gasteiger partial charge in [-0.05, 0) is 35.0 Å². The summed E-state index contributed by atoms with van der Waals surface area (Å²) in [4.78, 5) is 0. The van der Waals surface area contributed by atoms with Crippen LogP contribution in [0.1, 0.15) is 5.69 Å². The average Bonchev–Trinajstić information content (AvgIpc) is 2.54. The molecule has 0 saturated heterocycles. The van der Waals surface area contributed by atoms with Crippen molar-refractivity contribution in [2.45, 2.75) is 6.92 Å². The lowest BCUT2D eigenvalue weighted by molar-refractivity contribution is 0.448. The minimum Gasteiger partial charge on any atom is -0.271 e. The van der Waals surface area contributed by atoms with Gasteiger partial charge in [0, 0.05) is 18.3 Å². The Balaban J connectivity index is 2.69. The van der Waals surface area contributed by atoms with E-state index in [1.807, 2.05) is 0 Å². The van der Waals surface area contributed by atoms with Crippen LogP contribution < -0.4 is 0 Å². The highest BCUT2D eigenvalue weighted by Crippen LogP contribution is 2.32. The van der Waals surface area contributed by atoms with E-state index in [4.69, 9.17) is 0 Å². The van der Waals surface area contributed by atoms with Crippen LogP contribution >= 0.6 is 15.9 Å². The van der Waals surface area contributed by atoms with Crippen molar-refractivity contribution in [3.63, 3.8) is 0 Å². The van der Waals surface area contributed by atoms with Crippen molar-refractivity contribution in [1.29, 1.82) is 0 Å². The Morgan fingerprint density at radius 3 is 2.35 bits per heavy atom. The number of halogens is 4. The predicted octanol–water partition coefficient (Wildman–Crippen LogP) is 3.58. The molecule has 0 fully saturated rings. The Labute approximate surface area is 104 Å². The predicted molar refractivity (Wildman–Crippen MR) is 61.0 cm³/mol. The van der Waals surface area contributed by atoms with Crippen LogP contribution in [0.15, 0.2) is 16.6 Å².